The van der Waals surface area contributed by atoms with Crippen LogP contribution in [0, 0.1) is 15.3 Å². The molecule has 0 bridgehead atoms. The second-order valence-corrected chi connectivity index (χ2v) is 0.224. The summed E-state index contributed by atoms with van der Waals surface area (Å²) < 4.78 is 0. The van der Waals surface area contributed by atoms with E-state index in [0.717, 1.165) is 0 Å². The standard InChI is InChI=1S/Bi.ClH.NO3.3H/c;;2-1(3)4;;;/h;1H;;;;/q;;-1;;;. The number of hydrogen-bond donors (Lipinski definition) is 0. The molecule has 0 unspecified atom stereocenters. The Kier molecular flexibility index (Phi) is 24.3. The Labute approximate surface area is 59.2 Å². The SMILES string of the molecule is Cl.O=[N+]([O-])[O-].[BiH3]. The zero-order valence-electron chi connectivity index (χ0n) is 2.79. The van der Waals surface area contributed by atoms with Gasteiger partial charge in [0, 0.05) is 0 Å². The number of hydrogen-bond acceptors (Lipinski definition) is 3. The Morgan fingerprint density at radius 3 is 1.33 bits per heavy atom. The van der Waals surface area contributed by atoms with Crippen LogP contribution in [0.15, 0.2) is 0 Å². The van der Waals surface area contributed by atoms with E-state index in [2.05, 4.69) is 0 Å². The van der Waals surface area contributed by atoms with Crippen LogP contribution in [0.5, 0.6) is 0 Å². The molecule has 6 heavy (non-hydrogen) atoms. The molecule has 0 saturated heterocycles. The normalized spacial score (nSPS) is 4.00. The van der Waals surface area contributed by atoms with Crippen LogP contribution in [0.2, 0.25) is 0 Å². The summed E-state index contributed by atoms with van der Waals surface area (Å²) in [5.74, 6) is 0. The summed E-state index contributed by atoms with van der Waals surface area (Å²) in [6, 6.07) is 0. The molecule has 0 aliphatic heterocycles. The van der Waals surface area contributed by atoms with Crippen LogP contribution in [0.1, 0.15) is 0 Å². The maximum atomic E-state index is 8.25. The van der Waals surface area contributed by atoms with Gasteiger partial charge >= 0.3 is 26.2 Å². The average molecular weight is 310 g/mol. The Morgan fingerprint density at radius 1 is 1.33 bits per heavy atom. The molecule has 0 heterocycles. The zero-order chi connectivity index (χ0) is 3.58. The van der Waals surface area contributed by atoms with E-state index in [1.807, 2.05) is 0 Å². The second-order valence-electron chi connectivity index (χ2n) is 0.224. The van der Waals surface area contributed by atoms with Crippen LogP contribution in [0.3, 0.4) is 0 Å². The third-order valence-corrected chi connectivity index (χ3v) is 0. The molecule has 0 aliphatic carbocycles. The van der Waals surface area contributed by atoms with Gasteiger partial charge in [0.15, 0.2) is 0 Å². The van der Waals surface area contributed by atoms with Gasteiger partial charge < -0.3 is 15.3 Å². The fraction of sp³-hybridized carbons (Fsp3) is 0. The molecule has 0 aliphatic rings. The van der Waals surface area contributed by atoms with Crippen molar-refractivity contribution in [2.24, 2.45) is 0 Å². The Bertz CT molecular complexity index is 33.8. The van der Waals surface area contributed by atoms with Crippen LogP contribution < -0.4 is 0 Å². The summed E-state index contributed by atoms with van der Waals surface area (Å²) in [5.41, 5.74) is 0. The van der Waals surface area contributed by atoms with E-state index < -0.39 is 5.09 Å². The van der Waals surface area contributed by atoms with Gasteiger partial charge in [-0.2, -0.15) is 0 Å². The van der Waals surface area contributed by atoms with Gasteiger partial charge in [-0.25, -0.2) is 0 Å². The van der Waals surface area contributed by atoms with Crippen molar-refractivity contribution >= 4 is 38.6 Å². The van der Waals surface area contributed by atoms with E-state index in [1.165, 1.54) is 0 Å². The Balaban J connectivity index is -0.0000000450. The molecule has 0 spiro atoms. The molecule has 0 amide bonds. The number of nitrogens with zero attached hydrogens (tertiary/aromatic N) is 1. The molecule has 0 aromatic carbocycles. The van der Waals surface area contributed by atoms with E-state index >= 15 is 0 Å². The third-order valence-electron chi connectivity index (χ3n) is 0. The first kappa shape index (κ1) is 16.2. The zero-order valence-corrected chi connectivity index (χ0v) is 9.10. The van der Waals surface area contributed by atoms with Gasteiger partial charge in [0.1, 0.15) is 0 Å². The molecule has 0 atom stereocenters. The monoisotopic (exact) mass is 310 g/mol. The van der Waals surface area contributed by atoms with Crippen molar-refractivity contribution in [2.45, 2.75) is 0 Å². The topological polar surface area (TPSA) is 66.2 Å². The number of halogens is 1. The quantitative estimate of drug-likeness (QED) is 0.327. The van der Waals surface area contributed by atoms with Gasteiger partial charge in [-0.1, -0.05) is 0 Å². The van der Waals surface area contributed by atoms with Gasteiger partial charge in [0.25, 0.3) is 0 Å². The first-order chi connectivity index (χ1) is 1.73. The molecule has 0 fully saturated rings. The van der Waals surface area contributed by atoms with Crippen LogP contribution in [-0.2, 0) is 0 Å². The summed E-state index contributed by atoms with van der Waals surface area (Å²) in [6.45, 7) is 0. The predicted molar refractivity (Wildman–Crippen MR) is 27.5 cm³/mol. The fourth-order valence-electron chi connectivity index (χ4n) is 0. The predicted octanol–water partition coefficient (Wildman–Crippen LogP) is -1.00. The third kappa shape index (κ3) is 357. The molecule has 4 nitrogen and oxygen atoms in total. The van der Waals surface area contributed by atoms with E-state index in [1.54, 1.807) is 0 Å². The molecule has 0 N–H and O–H groups in total. The summed E-state index contributed by atoms with van der Waals surface area (Å²) in [6.07, 6.45) is 0. The molecular formula is H4BiClNO3-. The second kappa shape index (κ2) is 9.03. The van der Waals surface area contributed by atoms with E-state index in [9.17, 15) is 0 Å². The van der Waals surface area contributed by atoms with Crippen LogP contribution in [0.25, 0.3) is 0 Å². The van der Waals surface area contributed by atoms with Gasteiger partial charge in [0.2, 0.25) is 0 Å². The van der Waals surface area contributed by atoms with E-state index in [4.69, 9.17) is 15.3 Å². The molecule has 0 saturated carbocycles. The van der Waals surface area contributed by atoms with Crippen molar-refractivity contribution in [3.05, 3.63) is 15.3 Å². The summed E-state index contributed by atoms with van der Waals surface area (Å²) in [4.78, 5) is 8.25. The maximum absolute atomic E-state index is 8.25. The molecule has 0 aromatic rings. The van der Waals surface area contributed by atoms with Crippen molar-refractivity contribution in [1.29, 1.82) is 0 Å². The van der Waals surface area contributed by atoms with Crippen molar-refractivity contribution < 1.29 is 5.09 Å². The summed E-state index contributed by atoms with van der Waals surface area (Å²) in [5, 5.41) is 14.8. The van der Waals surface area contributed by atoms with Gasteiger partial charge in [-0.15, -0.1) is 12.4 Å². The van der Waals surface area contributed by atoms with Crippen molar-refractivity contribution in [2.75, 3.05) is 0 Å². The fourth-order valence-corrected chi connectivity index (χ4v) is 0. The Morgan fingerprint density at radius 2 is 1.33 bits per heavy atom. The average Bonchev–Trinajstić information content (AvgIpc) is 0.811. The summed E-state index contributed by atoms with van der Waals surface area (Å²) >= 11 is 0. The first-order valence-corrected chi connectivity index (χ1v) is 0.548. The first-order valence-electron chi connectivity index (χ1n) is 0.548. The van der Waals surface area contributed by atoms with E-state index in [0.29, 0.717) is 0 Å². The number of rotatable bonds is 0. The van der Waals surface area contributed by atoms with Crippen molar-refractivity contribution in [1.82, 2.24) is 0 Å². The molecule has 40 valence electrons. The molecule has 0 rings (SSSR count). The van der Waals surface area contributed by atoms with Crippen LogP contribution >= 0.6 is 12.4 Å². The Hall–Kier alpha value is 0.373. The van der Waals surface area contributed by atoms with Crippen molar-refractivity contribution in [3.63, 3.8) is 0 Å². The molecule has 0 aromatic heterocycles. The van der Waals surface area contributed by atoms with Crippen LogP contribution in [-0.4, -0.2) is 31.3 Å². The van der Waals surface area contributed by atoms with Gasteiger partial charge in [-0.05, 0) is 0 Å². The minimum atomic E-state index is -1.75. The minimum absolute atomic E-state index is 0. The van der Waals surface area contributed by atoms with Gasteiger partial charge in [-0.3, -0.25) is 0 Å². The molecule has 0 radical (unpaired) electrons. The molecule has 6 heteroatoms. The molecular weight excluding hydrogens is 306 g/mol. The van der Waals surface area contributed by atoms with E-state index in [-0.39, 0.29) is 38.6 Å². The van der Waals surface area contributed by atoms with Crippen LogP contribution in [0.4, 0.5) is 0 Å². The van der Waals surface area contributed by atoms with Crippen molar-refractivity contribution in [3.8, 4) is 0 Å². The summed E-state index contributed by atoms with van der Waals surface area (Å²) in [7, 11) is 0. The van der Waals surface area contributed by atoms with Gasteiger partial charge in [0.05, 0.1) is 5.09 Å².